The number of nitrogens with zero attached hydrogens (tertiary/aromatic N) is 3. The van der Waals surface area contributed by atoms with E-state index in [9.17, 15) is 0 Å². The Bertz CT molecular complexity index is 520. The van der Waals surface area contributed by atoms with Gasteiger partial charge < -0.3 is 15.5 Å². The van der Waals surface area contributed by atoms with Gasteiger partial charge in [-0.2, -0.15) is 0 Å². The third-order valence-electron chi connectivity index (χ3n) is 4.58. The van der Waals surface area contributed by atoms with Crippen molar-refractivity contribution in [2.45, 2.75) is 52.9 Å². The van der Waals surface area contributed by atoms with Crippen LogP contribution in [0.25, 0.3) is 0 Å². The van der Waals surface area contributed by atoms with E-state index in [1.807, 2.05) is 0 Å². The molecular weight excluding hydrogens is 457 g/mol. The van der Waals surface area contributed by atoms with Crippen LogP contribution in [0.2, 0.25) is 0 Å². The number of aryl methyl sites for hydroxylation is 1. The van der Waals surface area contributed by atoms with Crippen LogP contribution in [-0.4, -0.2) is 55.1 Å². The zero-order valence-electron chi connectivity index (χ0n) is 16.6. The molecule has 1 aliphatic heterocycles. The number of hydrogen-bond acceptors (Lipinski definition) is 4. The van der Waals surface area contributed by atoms with Crippen LogP contribution in [0.4, 0.5) is 0 Å². The highest BCUT2D eigenvalue weighted by Crippen LogP contribution is 2.15. The molecule has 150 valence electrons. The summed E-state index contributed by atoms with van der Waals surface area (Å²) in [4.78, 5) is 11.8. The third-order valence-corrected chi connectivity index (χ3v) is 5.40. The standard InChI is InChI=1S/C19H35N5S.HI/c1-4-20-19(22-11-9-18-15-25-17(3)23-18)21-10-5-6-12-24-13-7-8-16(2)14-24;/h15-16H,4-14H2,1-3H3,(H2,20,21,22);1H. The molecule has 5 nitrogen and oxygen atoms in total. The Kier molecular flexibility index (Phi) is 12.5. The summed E-state index contributed by atoms with van der Waals surface area (Å²) in [6, 6.07) is 0. The number of aromatic nitrogens is 1. The molecule has 0 bridgehead atoms. The highest BCUT2D eigenvalue weighted by molar-refractivity contribution is 14.0. The molecule has 2 N–H and O–H groups in total. The molecule has 2 heterocycles. The molecular formula is C19H36IN5S. The fourth-order valence-corrected chi connectivity index (χ4v) is 3.95. The van der Waals surface area contributed by atoms with Crippen molar-refractivity contribution in [3.05, 3.63) is 16.1 Å². The van der Waals surface area contributed by atoms with Crippen LogP contribution in [0.3, 0.4) is 0 Å². The lowest BCUT2D eigenvalue weighted by atomic mass is 10.0. The summed E-state index contributed by atoms with van der Waals surface area (Å²) < 4.78 is 0. The van der Waals surface area contributed by atoms with Gasteiger partial charge >= 0.3 is 0 Å². The zero-order chi connectivity index (χ0) is 17.9. The van der Waals surface area contributed by atoms with Gasteiger partial charge in [0.05, 0.1) is 10.7 Å². The maximum atomic E-state index is 4.71. The van der Waals surface area contributed by atoms with Crippen molar-refractivity contribution >= 4 is 41.3 Å². The largest absolute Gasteiger partial charge is 0.357 e. The van der Waals surface area contributed by atoms with Gasteiger partial charge in [0.25, 0.3) is 0 Å². The normalized spacial score (nSPS) is 18.4. The van der Waals surface area contributed by atoms with Gasteiger partial charge in [-0.25, -0.2) is 4.98 Å². The molecule has 0 aliphatic carbocycles. The van der Waals surface area contributed by atoms with Gasteiger partial charge in [0.1, 0.15) is 0 Å². The molecule has 26 heavy (non-hydrogen) atoms. The molecule has 1 aromatic heterocycles. The van der Waals surface area contributed by atoms with E-state index >= 15 is 0 Å². The second-order valence-electron chi connectivity index (χ2n) is 7.05. The summed E-state index contributed by atoms with van der Waals surface area (Å²) in [6.07, 6.45) is 6.12. The van der Waals surface area contributed by atoms with E-state index in [4.69, 9.17) is 4.99 Å². The molecule has 0 saturated carbocycles. The predicted octanol–water partition coefficient (Wildman–Crippen LogP) is 3.68. The van der Waals surface area contributed by atoms with E-state index in [-0.39, 0.29) is 24.0 Å². The van der Waals surface area contributed by atoms with E-state index in [0.29, 0.717) is 0 Å². The molecule has 0 spiro atoms. The molecule has 1 fully saturated rings. The zero-order valence-corrected chi connectivity index (χ0v) is 19.7. The fourth-order valence-electron chi connectivity index (χ4n) is 3.30. The van der Waals surface area contributed by atoms with Crippen LogP contribution >= 0.6 is 35.3 Å². The highest BCUT2D eigenvalue weighted by Gasteiger charge is 2.15. The van der Waals surface area contributed by atoms with Crippen LogP contribution in [0.5, 0.6) is 0 Å². The quantitative estimate of drug-likeness (QED) is 0.239. The van der Waals surface area contributed by atoms with Gasteiger partial charge in [0.15, 0.2) is 5.96 Å². The molecule has 0 aromatic carbocycles. The van der Waals surface area contributed by atoms with Gasteiger partial charge in [-0.05, 0) is 58.5 Å². The molecule has 1 atom stereocenters. The van der Waals surface area contributed by atoms with Crippen molar-refractivity contribution < 1.29 is 0 Å². The first-order chi connectivity index (χ1) is 12.2. The van der Waals surface area contributed by atoms with Crippen LogP contribution in [0.1, 0.15) is 50.2 Å². The molecule has 0 amide bonds. The Morgan fingerprint density at radius 1 is 1.38 bits per heavy atom. The Morgan fingerprint density at radius 2 is 2.23 bits per heavy atom. The van der Waals surface area contributed by atoms with Gasteiger partial charge in [0, 0.05) is 38.0 Å². The molecule has 1 aliphatic rings. The van der Waals surface area contributed by atoms with E-state index in [1.54, 1.807) is 11.3 Å². The number of unbranched alkanes of at least 4 members (excludes halogenated alkanes) is 1. The lowest BCUT2D eigenvalue weighted by Crippen LogP contribution is -2.38. The fraction of sp³-hybridized carbons (Fsp3) is 0.789. The van der Waals surface area contributed by atoms with Crippen molar-refractivity contribution in [2.75, 3.05) is 39.3 Å². The monoisotopic (exact) mass is 493 g/mol. The van der Waals surface area contributed by atoms with E-state index in [0.717, 1.165) is 49.4 Å². The lowest BCUT2D eigenvalue weighted by molar-refractivity contribution is 0.181. The minimum atomic E-state index is 0. The second kappa shape index (κ2) is 13.7. The number of guanidine groups is 1. The van der Waals surface area contributed by atoms with E-state index in [2.05, 4.69) is 46.7 Å². The maximum absolute atomic E-state index is 4.71. The SMILES string of the molecule is CCNC(=NCCCCN1CCCC(C)C1)NCCc1csc(C)n1.I. The highest BCUT2D eigenvalue weighted by atomic mass is 127. The van der Waals surface area contributed by atoms with Crippen LogP contribution < -0.4 is 10.6 Å². The van der Waals surface area contributed by atoms with Crippen molar-refractivity contribution in [1.82, 2.24) is 20.5 Å². The number of likely N-dealkylation sites (tertiary alicyclic amines) is 1. The maximum Gasteiger partial charge on any atom is 0.191 e. The average molecular weight is 494 g/mol. The van der Waals surface area contributed by atoms with Gasteiger partial charge in [-0.1, -0.05) is 6.92 Å². The first-order valence-electron chi connectivity index (χ1n) is 9.83. The van der Waals surface area contributed by atoms with Gasteiger partial charge in [0.2, 0.25) is 0 Å². The summed E-state index contributed by atoms with van der Waals surface area (Å²) in [5, 5.41) is 10.0. The van der Waals surface area contributed by atoms with Crippen LogP contribution in [-0.2, 0) is 6.42 Å². The topological polar surface area (TPSA) is 52.6 Å². The van der Waals surface area contributed by atoms with Gasteiger partial charge in [-0.15, -0.1) is 35.3 Å². The number of rotatable bonds is 9. The third kappa shape index (κ3) is 9.50. The molecule has 7 heteroatoms. The number of hydrogen-bond donors (Lipinski definition) is 2. The Morgan fingerprint density at radius 3 is 2.92 bits per heavy atom. The number of piperidine rings is 1. The molecule has 1 aromatic rings. The summed E-state index contributed by atoms with van der Waals surface area (Å²) >= 11 is 1.72. The number of halogens is 1. The summed E-state index contributed by atoms with van der Waals surface area (Å²) in [7, 11) is 0. The molecule has 0 radical (unpaired) electrons. The molecule has 1 unspecified atom stereocenters. The van der Waals surface area contributed by atoms with E-state index < -0.39 is 0 Å². The minimum Gasteiger partial charge on any atom is -0.357 e. The smallest absolute Gasteiger partial charge is 0.191 e. The Hall–Kier alpha value is -0.410. The Labute approximate surface area is 180 Å². The summed E-state index contributed by atoms with van der Waals surface area (Å²) in [5.74, 6) is 1.80. The van der Waals surface area contributed by atoms with Crippen molar-refractivity contribution in [1.29, 1.82) is 0 Å². The minimum absolute atomic E-state index is 0. The van der Waals surface area contributed by atoms with Crippen LogP contribution in [0.15, 0.2) is 10.4 Å². The van der Waals surface area contributed by atoms with E-state index in [1.165, 1.54) is 44.6 Å². The van der Waals surface area contributed by atoms with Crippen molar-refractivity contribution in [3.63, 3.8) is 0 Å². The lowest BCUT2D eigenvalue weighted by Gasteiger charge is -2.30. The first kappa shape index (κ1) is 23.6. The summed E-state index contributed by atoms with van der Waals surface area (Å²) in [5.41, 5.74) is 1.17. The number of thiazole rings is 1. The molecule has 1 saturated heterocycles. The number of nitrogens with one attached hydrogen (secondary N) is 2. The van der Waals surface area contributed by atoms with Crippen molar-refractivity contribution in [3.8, 4) is 0 Å². The predicted molar refractivity (Wildman–Crippen MR) is 124 cm³/mol. The van der Waals surface area contributed by atoms with Crippen LogP contribution in [0, 0.1) is 12.8 Å². The van der Waals surface area contributed by atoms with Crippen molar-refractivity contribution in [2.24, 2.45) is 10.9 Å². The van der Waals surface area contributed by atoms with Gasteiger partial charge in [-0.3, -0.25) is 4.99 Å². The molecule has 2 rings (SSSR count). The first-order valence-corrected chi connectivity index (χ1v) is 10.7. The average Bonchev–Trinajstić information content (AvgIpc) is 3.00. The Balaban J connectivity index is 0.00000338. The summed E-state index contributed by atoms with van der Waals surface area (Å²) in [6.45, 7) is 13.0. The number of aliphatic imine (C=N–C) groups is 1. The second-order valence-corrected chi connectivity index (χ2v) is 8.11.